The van der Waals surface area contributed by atoms with Crippen LogP contribution in [-0.4, -0.2) is 24.6 Å². The van der Waals surface area contributed by atoms with Crippen molar-refractivity contribution >= 4 is 34.8 Å². The van der Waals surface area contributed by atoms with Gasteiger partial charge in [0, 0.05) is 33.5 Å². The van der Waals surface area contributed by atoms with Gasteiger partial charge in [0.05, 0.1) is 12.1 Å². The molecule has 3 aromatic rings. The Morgan fingerprint density at radius 1 is 0.857 bits per heavy atom. The summed E-state index contributed by atoms with van der Waals surface area (Å²) < 4.78 is 5.08. The minimum absolute atomic E-state index is 0.204. The standard InChI is InChI=1S/C22H14ClNO4/c1-28-19-9-6-12(10-18(19)23)22(27)24-13-7-8-16-17(11-13)21(26)15-5-3-2-4-14(15)20(16)25/h2-11H,1H3,(H,24,27). The van der Waals surface area contributed by atoms with Gasteiger partial charge in [-0.1, -0.05) is 35.9 Å². The van der Waals surface area contributed by atoms with Gasteiger partial charge in [-0.05, 0) is 36.4 Å². The Labute approximate surface area is 165 Å². The van der Waals surface area contributed by atoms with Gasteiger partial charge in [-0.3, -0.25) is 14.4 Å². The lowest BCUT2D eigenvalue weighted by Crippen LogP contribution is -2.21. The summed E-state index contributed by atoms with van der Waals surface area (Å²) in [6.07, 6.45) is 0. The Kier molecular flexibility index (Phi) is 4.45. The van der Waals surface area contributed by atoms with Crippen molar-refractivity contribution in [3.63, 3.8) is 0 Å². The van der Waals surface area contributed by atoms with Crippen LogP contribution in [-0.2, 0) is 0 Å². The van der Waals surface area contributed by atoms with Crippen molar-refractivity contribution in [3.05, 3.63) is 93.5 Å². The first-order chi connectivity index (χ1) is 13.5. The van der Waals surface area contributed by atoms with E-state index in [0.717, 1.165) is 0 Å². The van der Waals surface area contributed by atoms with Gasteiger partial charge in [-0.2, -0.15) is 0 Å². The third kappa shape index (κ3) is 2.96. The van der Waals surface area contributed by atoms with Crippen molar-refractivity contribution in [2.45, 2.75) is 0 Å². The number of halogens is 1. The summed E-state index contributed by atoms with van der Waals surface area (Å²) in [6, 6.07) is 16.1. The number of carbonyl (C=O) groups excluding carboxylic acids is 3. The van der Waals surface area contributed by atoms with Crippen LogP contribution < -0.4 is 10.1 Å². The number of amides is 1. The highest BCUT2D eigenvalue weighted by atomic mass is 35.5. The van der Waals surface area contributed by atoms with Crippen molar-refractivity contribution in [2.75, 3.05) is 12.4 Å². The summed E-state index contributed by atoms with van der Waals surface area (Å²) in [6.45, 7) is 0. The molecule has 1 aliphatic carbocycles. The Bertz CT molecular complexity index is 1150. The van der Waals surface area contributed by atoms with Crippen LogP contribution in [0.3, 0.4) is 0 Å². The molecule has 0 fully saturated rings. The highest BCUT2D eigenvalue weighted by Gasteiger charge is 2.29. The molecule has 0 saturated carbocycles. The van der Waals surface area contributed by atoms with E-state index in [2.05, 4.69) is 5.32 Å². The van der Waals surface area contributed by atoms with Crippen molar-refractivity contribution in [2.24, 2.45) is 0 Å². The molecule has 4 rings (SSSR count). The minimum Gasteiger partial charge on any atom is -0.495 e. The summed E-state index contributed by atoms with van der Waals surface area (Å²) in [5.41, 5.74) is 2.12. The lowest BCUT2D eigenvalue weighted by Gasteiger charge is -2.18. The minimum atomic E-state index is -0.389. The number of rotatable bonds is 3. The second kappa shape index (κ2) is 6.94. The number of hydrogen-bond donors (Lipinski definition) is 1. The van der Waals surface area contributed by atoms with Crippen LogP contribution in [0, 0.1) is 0 Å². The molecule has 1 amide bonds. The molecule has 0 radical (unpaired) electrons. The largest absolute Gasteiger partial charge is 0.495 e. The van der Waals surface area contributed by atoms with E-state index < -0.39 is 0 Å². The van der Waals surface area contributed by atoms with E-state index in [-0.39, 0.29) is 23.0 Å². The molecule has 0 unspecified atom stereocenters. The Hall–Kier alpha value is -3.44. The van der Waals surface area contributed by atoms with Gasteiger partial charge in [0.1, 0.15) is 5.75 Å². The number of methoxy groups -OCH3 is 1. The number of nitrogens with one attached hydrogen (secondary N) is 1. The maximum Gasteiger partial charge on any atom is 0.255 e. The number of ketones is 2. The number of carbonyl (C=O) groups is 3. The molecule has 0 saturated heterocycles. The van der Waals surface area contributed by atoms with Crippen LogP contribution >= 0.6 is 11.6 Å². The average Bonchev–Trinajstić information content (AvgIpc) is 2.72. The summed E-state index contributed by atoms with van der Waals surface area (Å²) in [4.78, 5) is 37.9. The molecule has 0 bridgehead atoms. The van der Waals surface area contributed by atoms with Crippen LogP contribution in [0.2, 0.25) is 5.02 Å². The first kappa shape index (κ1) is 17.9. The van der Waals surface area contributed by atoms with Gasteiger partial charge in [-0.25, -0.2) is 0 Å². The number of anilines is 1. The Morgan fingerprint density at radius 2 is 1.50 bits per heavy atom. The summed E-state index contributed by atoms with van der Waals surface area (Å²) in [5.74, 6) is -0.368. The Morgan fingerprint density at radius 3 is 2.14 bits per heavy atom. The fraction of sp³-hybridized carbons (Fsp3) is 0.0455. The van der Waals surface area contributed by atoms with E-state index in [4.69, 9.17) is 16.3 Å². The fourth-order valence-corrected chi connectivity index (χ4v) is 3.45. The normalized spacial score (nSPS) is 12.2. The zero-order chi connectivity index (χ0) is 19.8. The van der Waals surface area contributed by atoms with E-state index >= 15 is 0 Å². The van der Waals surface area contributed by atoms with Gasteiger partial charge in [0.15, 0.2) is 11.6 Å². The van der Waals surface area contributed by atoms with Gasteiger partial charge in [0.25, 0.3) is 5.91 Å². The quantitative estimate of drug-likeness (QED) is 0.562. The molecule has 0 spiro atoms. The molecule has 0 heterocycles. The van der Waals surface area contributed by atoms with E-state index in [9.17, 15) is 14.4 Å². The van der Waals surface area contributed by atoms with Crippen LogP contribution in [0.5, 0.6) is 5.75 Å². The van der Waals surface area contributed by atoms with Crippen molar-refractivity contribution < 1.29 is 19.1 Å². The third-order valence-corrected chi connectivity index (χ3v) is 4.89. The molecule has 6 heteroatoms. The zero-order valence-corrected chi connectivity index (χ0v) is 15.5. The first-order valence-corrected chi connectivity index (χ1v) is 8.85. The second-order valence-corrected chi connectivity index (χ2v) is 6.67. The van der Waals surface area contributed by atoms with Crippen molar-refractivity contribution in [1.82, 2.24) is 0 Å². The molecule has 0 aromatic heterocycles. The summed E-state index contributed by atoms with van der Waals surface area (Å²) >= 11 is 6.07. The number of ether oxygens (including phenoxy) is 1. The average molecular weight is 392 g/mol. The van der Waals surface area contributed by atoms with E-state index in [1.807, 2.05) is 0 Å². The molecule has 5 nitrogen and oxygen atoms in total. The zero-order valence-electron chi connectivity index (χ0n) is 14.8. The molecule has 138 valence electrons. The first-order valence-electron chi connectivity index (χ1n) is 8.47. The van der Waals surface area contributed by atoms with Gasteiger partial charge < -0.3 is 10.1 Å². The molecule has 0 atom stereocenters. The number of hydrogen-bond acceptors (Lipinski definition) is 4. The fourth-order valence-electron chi connectivity index (χ4n) is 3.19. The van der Waals surface area contributed by atoms with E-state index in [1.54, 1.807) is 48.5 Å². The maximum absolute atomic E-state index is 12.8. The number of fused-ring (bicyclic) bond motifs is 2. The predicted octanol–water partition coefficient (Wildman–Crippen LogP) is 4.38. The lowest BCUT2D eigenvalue weighted by molar-refractivity contribution is 0.0979. The SMILES string of the molecule is COc1ccc(C(=O)Nc2ccc3c(c2)C(=O)c2ccccc2C3=O)cc1Cl. The highest BCUT2D eigenvalue weighted by molar-refractivity contribution is 6.32. The smallest absolute Gasteiger partial charge is 0.255 e. The van der Waals surface area contributed by atoms with E-state index in [0.29, 0.717) is 38.7 Å². The Balaban J connectivity index is 1.65. The third-order valence-electron chi connectivity index (χ3n) is 4.60. The van der Waals surface area contributed by atoms with Crippen LogP contribution in [0.4, 0.5) is 5.69 Å². The van der Waals surface area contributed by atoms with Crippen molar-refractivity contribution in [1.29, 1.82) is 0 Å². The van der Waals surface area contributed by atoms with Gasteiger partial charge in [0.2, 0.25) is 0 Å². The maximum atomic E-state index is 12.8. The van der Waals surface area contributed by atoms with Crippen LogP contribution in [0.25, 0.3) is 0 Å². The molecule has 1 aliphatic rings. The van der Waals surface area contributed by atoms with E-state index in [1.165, 1.54) is 19.2 Å². The van der Waals surface area contributed by atoms with Crippen LogP contribution in [0.15, 0.2) is 60.7 Å². The van der Waals surface area contributed by atoms with Crippen molar-refractivity contribution in [3.8, 4) is 5.75 Å². The highest BCUT2D eigenvalue weighted by Crippen LogP contribution is 2.30. The lowest BCUT2D eigenvalue weighted by atomic mass is 9.84. The van der Waals surface area contributed by atoms with Gasteiger partial charge in [-0.15, -0.1) is 0 Å². The molecular formula is C22H14ClNO4. The molecular weight excluding hydrogens is 378 g/mol. The molecule has 3 aromatic carbocycles. The molecule has 28 heavy (non-hydrogen) atoms. The molecule has 0 aliphatic heterocycles. The second-order valence-electron chi connectivity index (χ2n) is 6.27. The van der Waals surface area contributed by atoms with Crippen LogP contribution in [0.1, 0.15) is 42.2 Å². The van der Waals surface area contributed by atoms with Gasteiger partial charge >= 0.3 is 0 Å². The monoisotopic (exact) mass is 391 g/mol. The summed E-state index contributed by atoms with van der Waals surface area (Å²) in [5, 5.41) is 3.05. The molecule has 1 N–H and O–H groups in total. The predicted molar refractivity (Wildman–Crippen MR) is 106 cm³/mol. The topological polar surface area (TPSA) is 72.5 Å². The number of benzene rings is 3. The summed E-state index contributed by atoms with van der Waals surface area (Å²) in [7, 11) is 1.49.